The van der Waals surface area contributed by atoms with Crippen LogP contribution in [0.2, 0.25) is 0 Å². The lowest BCUT2D eigenvalue weighted by molar-refractivity contribution is -0.170. The van der Waals surface area contributed by atoms with E-state index in [9.17, 15) is 9.59 Å². The monoisotopic (exact) mass is 380 g/mol. The zero-order chi connectivity index (χ0) is 16.8. The van der Waals surface area contributed by atoms with Gasteiger partial charge in [-0.25, -0.2) is 0 Å². The van der Waals surface area contributed by atoms with Gasteiger partial charge in [-0.2, -0.15) is 5.26 Å². The highest BCUT2D eigenvalue weighted by Crippen LogP contribution is 2.64. The Kier molecular flexibility index (Phi) is 4.04. The molecule has 2 unspecified atom stereocenters. The lowest BCUT2D eigenvalue weighted by Gasteiger charge is -2.58. The smallest absolute Gasteiger partial charge is 0.312 e. The Morgan fingerprint density at radius 1 is 1.30 bits per heavy atom. The molecule has 4 bridgehead atoms. The number of rotatable bonds is 4. The summed E-state index contributed by atoms with van der Waals surface area (Å²) in [6, 6.07) is 1.77. The van der Waals surface area contributed by atoms with E-state index in [4.69, 9.17) is 15.7 Å². The number of alkyl halides is 1. The first kappa shape index (κ1) is 16.5. The van der Waals surface area contributed by atoms with Crippen molar-refractivity contribution in [1.29, 1.82) is 5.26 Å². The van der Waals surface area contributed by atoms with Crippen LogP contribution in [0.25, 0.3) is 0 Å². The van der Waals surface area contributed by atoms with E-state index >= 15 is 0 Å². The minimum absolute atomic E-state index is 0.0612. The van der Waals surface area contributed by atoms with E-state index in [-0.39, 0.29) is 21.6 Å². The zero-order valence-electron chi connectivity index (χ0n) is 13.2. The van der Waals surface area contributed by atoms with Crippen molar-refractivity contribution in [3.8, 4) is 6.07 Å². The van der Waals surface area contributed by atoms with Crippen molar-refractivity contribution in [3.63, 3.8) is 0 Å². The Hall–Kier alpha value is -1.35. The van der Waals surface area contributed by atoms with Crippen LogP contribution < -0.4 is 5.73 Å². The van der Waals surface area contributed by atoms with Gasteiger partial charge in [-0.1, -0.05) is 15.9 Å². The van der Waals surface area contributed by atoms with Gasteiger partial charge in [-0.05, 0) is 57.3 Å². The number of halogens is 1. The van der Waals surface area contributed by atoms with E-state index in [0.29, 0.717) is 11.8 Å². The third kappa shape index (κ3) is 2.91. The van der Waals surface area contributed by atoms with Crippen LogP contribution in [0.3, 0.4) is 0 Å². The first-order valence-electron chi connectivity index (χ1n) is 8.03. The van der Waals surface area contributed by atoms with Crippen LogP contribution >= 0.6 is 15.9 Å². The van der Waals surface area contributed by atoms with Gasteiger partial charge in [0.05, 0.1) is 5.41 Å². The molecule has 4 rings (SSSR count). The molecule has 124 valence electrons. The SMILES string of the molecule is C/C(N)=C(\C#N)C(=O)COC(=O)C12CC3CC(CC(Br)(C3)C1)C2. The second-order valence-electron chi connectivity index (χ2n) is 7.56. The number of nitriles is 1. The number of carbonyl (C=O) groups is 2. The molecule has 2 N–H and O–H groups in total. The number of nitrogens with two attached hydrogens (primary N) is 1. The second kappa shape index (κ2) is 5.62. The first-order chi connectivity index (χ1) is 10.8. The maximum atomic E-state index is 12.7. The van der Waals surface area contributed by atoms with E-state index in [1.165, 1.54) is 13.3 Å². The van der Waals surface area contributed by atoms with Gasteiger partial charge in [0.25, 0.3) is 0 Å². The van der Waals surface area contributed by atoms with Crippen LogP contribution in [-0.4, -0.2) is 22.7 Å². The third-order valence-corrected chi connectivity index (χ3v) is 6.47. The summed E-state index contributed by atoms with van der Waals surface area (Å²) in [5.41, 5.74) is 5.08. The van der Waals surface area contributed by atoms with E-state index in [2.05, 4.69) is 15.9 Å². The van der Waals surface area contributed by atoms with E-state index in [1.54, 1.807) is 6.07 Å². The highest BCUT2D eigenvalue weighted by Gasteiger charge is 2.60. The van der Waals surface area contributed by atoms with Gasteiger partial charge in [0.1, 0.15) is 11.6 Å². The Labute approximate surface area is 144 Å². The van der Waals surface area contributed by atoms with E-state index in [1.807, 2.05) is 0 Å². The molecule has 23 heavy (non-hydrogen) atoms. The van der Waals surface area contributed by atoms with Gasteiger partial charge >= 0.3 is 5.97 Å². The Balaban J connectivity index is 1.69. The number of allylic oxidation sites excluding steroid dienone is 1. The molecule has 0 amide bonds. The third-order valence-electron chi connectivity index (χ3n) is 5.54. The van der Waals surface area contributed by atoms with Gasteiger partial charge in [0, 0.05) is 10.0 Å². The Morgan fingerprint density at radius 2 is 1.91 bits per heavy atom. The molecule has 0 saturated heterocycles. The molecule has 4 fully saturated rings. The van der Waals surface area contributed by atoms with Gasteiger partial charge in [0.15, 0.2) is 6.61 Å². The first-order valence-corrected chi connectivity index (χ1v) is 8.82. The summed E-state index contributed by atoms with van der Waals surface area (Å²) >= 11 is 3.85. The number of hydrogen-bond acceptors (Lipinski definition) is 5. The van der Waals surface area contributed by atoms with E-state index in [0.717, 1.165) is 32.1 Å². The minimum atomic E-state index is -0.529. The summed E-state index contributed by atoms with van der Waals surface area (Å²) in [5.74, 6) is 0.328. The molecule has 0 aromatic heterocycles. The van der Waals surface area contributed by atoms with E-state index < -0.39 is 17.8 Å². The fourth-order valence-corrected chi connectivity index (χ4v) is 6.57. The van der Waals surface area contributed by atoms with Crippen LogP contribution in [0, 0.1) is 28.6 Å². The summed E-state index contributed by atoms with van der Waals surface area (Å²) in [5, 5.41) is 8.94. The molecule has 4 aliphatic carbocycles. The summed E-state index contributed by atoms with van der Waals surface area (Å²) in [6.07, 6.45) is 5.98. The van der Waals surface area contributed by atoms with Crippen LogP contribution in [0.4, 0.5) is 0 Å². The summed E-state index contributed by atoms with van der Waals surface area (Å²) < 4.78 is 5.38. The van der Waals surface area contributed by atoms with Gasteiger partial charge in [-0.3, -0.25) is 9.59 Å². The standard InChI is InChI=1S/C17H21BrN2O3/c1-10(20)13(7-19)14(21)8-23-15(22)16-3-11-2-12(4-16)6-17(18,5-11)9-16/h11-12H,2-6,8-9,20H2,1H3/b13-10-. The minimum Gasteiger partial charge on any atom is -0.457 e. The molecule has 0 aliphatic heterocycles. The number of nitrogens with zero attached hydrogens (tertiary/aromatic N) is 1. The summed E-state index contributed by atoms with van der Waals surface area (Å²) in [6.45, 7) is 1.09. The number of ketones is 1. The fourth-order valence-electron chi connectivity index (χ4n) is 5.12. The molecule has 2 atom stereocenters. The van der Waals surface area contributed by atoms with Gasteiger partial charge < -0.3 is 10.5 Å². The maximum Gasteiger partial charge on any atom is 0.312 e. The average Bonchev–Trinajstić information content (AvgIpc) is 2.42. The zero-order valence-corrected chi connectivity index (χ0v) is 14.8. The molecular formula is C17H21BrN2O3. The number of Topliss-reactive ketones (excluding diaryl/α,β-unsaturated/α-hetero) is 1. The molecule has 4 aliphatic rings. The number of carbonyl (C=O) groups excluding carboxylic acids is 2. The Morgan fingerprint density at radius 3 is 2.39 bits per heavy atom. The van der Waals surface area contributed by atoms with Crippen molar-refractivity contribution >= 4 is 27.7 Å². The molecule has 4 saturated carbocycles. The van der Waals surface area contributed by atoms with Crippen molar-refractivity contribution in [2.75, 3.05) is 6.61 Å². The quantitative estimate of drug-likeness (QED) is 0.350. The molecule has 0 spiro atoms. The predicted molar refractivity (Wildman–Crippen MR) is 87.2 cm³/mol. The lowest BCUT2D eigenvalue weighted by atomic mass is 9.49. The highest BCUT2D eigenvalue weighted by atomic mass is 79.9. The maximum absolute atomic E-state index is 12.7. The normalized spacial score (nSPS) is 38.7. The van der Waals surface area contributed by atoms with Crippen LogP contribution in [-0.2, 0) is 14.3 Å². The number of hydrogen-bond donors (Lipinski definition) is 1. The molecule has 6 heteroatoms. The lowest BCUT2D eigenvalue weighted by Crippen LogP contribution is -2.56. The molecule has 5 nitrogen and oxygen atoms in total. The average molecular weight is 381 g/mol. The van der Waals surface area contributed by atoms with Gasteiger partial charge in [-0.15, -0.1) is 0 Å². The largest absolute Gasteiger partial charge is 0.457 e. The van der Waals surface area contributed by atoms with Crippen LogP contribution in [0.1, 0.15) is 45.4 Å². The second-order valence-corrected chi connectivity index (χ2v) is 9.24. The number of ether oxygens (including phenoxy) is 1. The van der Waals surface area contributed by atoms with Crippen molar-refractivity contribution in [3.05, 3.63) is 11.3 Å². The predicted octanol–water partition coefficient (Wildman–Crippen LogP) is 2.59. The Bertz CT molecular complexity index is 616. The molecular weight excluding hydrogens is 360 g/mol. The fraction of sp³-hybridized carbons (Fsp3) is 0.706. The van der Waals surface area contributed by atoms with Crippen molar-refractivity contribution in [2.24, 2.45) is 23.0 Å². The van der Waals surface area contributed by atoms with Crippen LogP contribution in [0.15, 0.2) is 11.3 Å². The summed E-state index contributed by atoms with van der Waals surface area (Å²) in [4.78, 5) is 24.7. The van der Waals surface area contributed by atoms with Crippen molar-refractivity contribution < 1.29 is 14.3 Å². The van der Waals surface area contributed by atoms with Crippen molar-refractivity contribution in [1.82, 2.24) is 0 Å². The highest BCUT2D eigenvalue weighted by molar-refractivity contribution is 9.10. The summed E-state index contributed by atoms with van der Waals surface area (Å²) in [7, 11) is 0. The number of esters is 1. The molecule has 0 radical (unpaired) electrons. The molecule has 0 heterocycles. The van der Waals surface area contributed by atoms with Crippen molar-refractivity contribution in [2.45, 2.75) is 49.8 Å². The topological polar surface area (TPSA) is 93.2 Å². The van der Waals surface area contributed by atoms with Crippen LogP contribution in [0.5, 0.6) is 0 Å². The van der Waals surface area contributed by atoms with Gasteiger partial charge in [0.2, 0.25) is 5.78 Å². The molecule has 0 aromatic rings. The molecule has 0 aromatic carbocycles.